The van der Waals surface area contributed by atoms with E-state index in [2.05, 4.69) is 0 Å². The molecule has 0 heterocycles. The molecule has 0 aliphatic heterocycles. The number of benzene rings is 1. The summed E-state index contributed by atoms with van der Waals surface area (Å²) < 4.78 is 10.5. The molecule has 1 aromatic rings. The van der Waals surface area contributed by atoms with Gasteiger partial charge in [0, 0.05) is 0 Å². The van der Waals surface area contributed by atoms with Crippen molar-refractivity contribution in [1.29, 1.82) is 0 Å². The molecule has 0 saturated heterocycles. The standard InChI is InChI=1S/C17H22Cl2O4/c1-10(2)17(11(3)4)23-15(21)9-8-14(20)22-13-7-5-6-12(18)16(13)19/h5-7,10-11,17H,8-9H2,1-4H3. The van der Waals surface area contributed by atoms with Crippen LogP contribution in [0.1, 0.15) is 40.5 Å². The monoisotopic (exact) mass is 360 g/mol. The summed E-state index contributed by atoms with van der Waals surface area (Å²) in [5.41, 5.74) is 0. The summed E-state index contributed by atoms with van der Waals surface area (Å²) in [6.45, 7) is 7.97. The minimum absolute atomic E-state index is 0.0348. The predicted molar refractivity (Wildman–Crippen MR) is 90.9 cm³/mol. The number of hydrogen-bond donors (Lipinski definition) is 0. The lowest BCUT2D eigenvalue weighted by Gasteiger charge is -2.24. The summed E-state index contributed by atoms with van der Waals surface area (Å²) in [7, 11) is 0. The average molecular weight is 361 g/mol. The molecule has 128 valence electrons. The quantitative estimate of drug-likeness (QED) is 0.512. The largest absolute Gasteiger partial charge is 0.462 e. The number of halogens is 2. The van der Waals surface area contributed by atoms with Gasteiger partial charge in [-0.15, -0.1) is 0 Å². The highest BCUT2D eigenvalue weighted by Crippen LogP contribution is 2.31. The van der Waals surface area contributed by atoms with Gasteiger partial charge < -0.3 is 9.47 Å². The maximum absolute atomic E-state index is 11.9. The van der Waals surface area contributed by atoms with Crippen molar-refractivity contribution in [2.45, 2.75) is 46.6 Å². The van der Waals surface area contributed by atoms with Crippen molar-refractivity contribution in [2.75, 3.05) is 0 Å². The normalized spacial score (nSPS) is 11.2. The topological polar surface area (TPSA) is 52.6 Å². The third-order valence-electron chi connectivity index (χ3n) is 3.25. The van der Waals surface area contributed by atoms with Crippen molar-refractivity contribution in [3.63, 3.8) is 0 Å². The Hall–Kier alpha value is -1.26. The van der Waals surface area contributed by atoms with Gasteiger partial charge in [0.1, 0.15) is 11.1 Å². The van der Waals surface area contributed by atoms with Crippen LogP contribution >= 0.6 is 23.2 Å². The van der Waals surface area contributed by atoms with Gasteiger partial charge in [-0.1, -0.05) is 57.0 Å². The minimum Gasteiger partial charge on any atom is -0.462 e. The second kappa shape index (κ2) is 9.14. The van der Waals surface area contributed by atoms with Gasteiger partial charge in [0.15, 0.2) is 5.75 Å². The van der Waals surface area contributed by atoms with Crippen LogP contribution in [0.5, 0.6) is 5.75 Å². The molecule has 0 saturated carbocycles. The molecule has 0 unspecified atom stereocenters. The third kappa shape index (κ3) is 6.40. The van der Waals surface area contributed by atoms with Crippen LogP contribution in [0.3, 0.4) is 0 Å². The summed E-state index contributed by atoms with van der Waals surface area (Å²) in [6.07, 6.45) is -0.279. The number of hydrogen-bond acceptors (Lipinski definition) is 4. The average Bonchev–Trinajstić information content (AvgIpc) is 2.46. The summed E-state index contributed by atoms with van der Waals surface area (Å²) in [6, 6.07) is 4.76. The van der Waals surface area contributed by atoms with E-state index in [9.17, 15) is 9.59 Å². The number of carbonyl (C=O) groups is 2. The molecule has 0 bridgehead atoms. The number of esters is 2. The lowest BCUT2D eigenvalue weighted by molar-refractivity contribution is -0.155. The van der Waals surface area contributed by atoms with E-state index in [1.165, 1.54) is 6.07 Å². The van der Waals surface area contributed by atoms with Crippen molar-refractivity contribution in [3.8, 4) is 5.75 Å². The molecule has 0 N–H and O–H groups in total. The Labute approximate surface area is 147 Å². The third-order valence-corrected chi connectivity index (χ3v) is 4.06. The zero-order valence-corrected chi connectivity index (χ0v) is 15.3. The lowest BCUT2D eigenvalue weighted by Crippen LogP contribution is -2.29. The molecule has 0 fully saturated rings. The van der Waals surface area contributed by atoms with Crippen molar-refractivity contribution >= 4 is 35.1 Å². The van der Waals surface area contributed by atoms with Crippen LogP contribution in [0, 0.1) is 11.8 Å². The van der Waals surface area contributed by atoms with E-state index < -0.39 is 11.9 Å². The summed E-state index contributed by atoms with van der Waals surface area (Å²) >= 11 is 11.8. The van der Waals surface area contributed by atoms with Gasteiger partial charge in [-0.25, -0.2) is 0 Å². The molecule has 1 rings (SSSR count). The van der Waals surface area contributed by atoms with Crippen LogP contribution < -0.4 is 4.74 Å². The van der Waals surface area contributed by atoms with E-state index in [1.807, 2.05) is 27.7 Å². The molecule has 0 amide bonds. The second-order valence-electron chi connectivity index (χ2n) is 5.97. The van der Waals surface area contributed by atoms with Crippen molar-refractivity contribution in [3.05, 3.63) is 28.2 Å². The van der Waals surface area contributed by atoms with Crippen molar-refractivity contribution in [2.24, 2.45) is 11.8 Å². The van der Waals surface area contributed by atoms with Gasteiger partial charge >= 0.3 is 11.9 Å². The molecular weight excluding hydrogens is 339 g/mol. The fraction of sp³-hybridized carbons (Fsp3) is 0.529. The van der Waals surface area contributed by atoms with Crippen LogP contribution in [-0.2, 0) is 14.3 Å². The Morgan fingerprint density at radius 3 is 2.13 bits per heavy atom. The van der Waals surface area contributed by atoms with Gasteiger partial charge in [-0.05, 0) is 24.0 Å². The molecule has 0 aliphatic rings. The van der Waals surface area contributed by atoms with E-state index in [0.717, 1.165) is 0 Å². The number of carbonyl (C=O) groups excluding carboxylic acids is 2. The maximum atomic E-state index is 11.9. The van der Waals surface area contributed by atoms with Crippen LogP contribution in [0.15, 0.2) is 18.2 Å². The predicted octanol–water partition coefficient (Wildman–Crippen LogP) is 4.90. The zero-order valence-electron chi connectivity index (χ0n) is 13.8. The van der Waals surface area contributed by atoms with Crippen molar-refractivity contribution in [1.82, 2.24) is 0 Å². The Bertz CT molecular complexity index is 548. The molecular formula is C17H22Cl2O4. The molecule has 0 radical (unpaired) electrons. The smallest absolute Gasteiger partial charge is 0.311 e. The van der Waals surface area contributed by atoms with E-state index in [0.29, 0.717) is 5.02 Å². The molecule has 4 nitrogen and oxygen atoms in total. The van der Waals surface area contributed by atoms with Crippen molar-refractivity contribution < 1.29 is 19.1 Å². The highest BCUT2D eigenvalue weighted by molar-refractivity contribution is 6.43. The Balaban J connectivity index is 2.49. The van der Waals surface area contributed by atoms with E-state index in [1.54, 1.807) is 12.1 Å². The first-order valence-electron chi connectivity index (χ1n) is 7.56. The first-order valence-corrected chi connectivity index (χ1v) is 8.32. The Kier molecular flexibility index (Phi) is 7.86. The van der Waals surface area contributed by atoms with E-state index in [4.69, 9.17) is 32.7 Å². The fourth-order valence-corrected chi connectivity index (χ4v) is 2.52. The summed E-state index contributed by atoms with van der Waals surface area (Å²) in [4.78, 5) is 23.7. The van der Waals surface area contributed by atoms with E-state index in [-0.39, 0.29) is 41.6 Å². The molecule has 0 aromatic heterocycles. The van der Waals surface area contributed by atoms with Crippen LogP contribution in [0.2, 0.25) is 10.0 Å². The first-order chi connectivity index (χ1) is 10.7. The molecule has 0 atom stereocenters. The Morgan fingerprint density at radius 2 is 1.57 bits per heavy atom. The van der Waals surface area contributed by atoms with Gasteiger partial charge in [0.25, 0.3) is 0 Å². The van der Waals surface area contributed by atoms with Gasteiger partial charge in [-0.2, -0.15) is 0 Å². The highest BCUT2D eigenvalue weighted by atomic mass is 35.5. The van der Waals surface area contributed by atoms with Crippen LogP contribution in [-0.4, -0.2) is 18.0 Å². The van der Waals surface area contributed by atoms with Gasteiger partial charge in [0.05, 0.1) is 17.9 Å². The van der Waals surface area contributed by atoms with Crippen LogP contribution in [0.4, 0.5) is 0 Å². The molecule has 0 spiro atoms. The fourth-order valence-electron chi connectivity index (χ4n) is 2.19. The minimum atomic E-state index is -0.559. The van der Waals surface area contributed by atoms with Gasteiger partial charge in [0.2, 0.25) is 0 Å². The SMILES string of the molecule is CC(C)C(OC(=O)CCC(=O)Oc1cccc(Cl)c1Cl)C(C)C. The van der Waals surface area contributed by atoms with Gasteiger partial charge in [-0.3, -0.25) is 9.59 Å². The highest BCUT2D eigenvalue weighted by Gasteiger charge is 2.22. The Morgan fingerprint density at radius 1 is 1.00 bits per heavy atom. The number of ether oxygens (including phenoxy) is 2. The zero-order chi connectivity index (χ0) is 17.6. The first kappa shape index (κ1) is 19.8. The molecule has 23 heavy (non-hydrogen) atoms. The molecule has 1 aromatic carbocycles. The lowest BCUT2D eigenvalue weighted by atomic mass is 9.96. The second-order valence-corrected chi connectivity index (χ2v) is 6.75. The molecule has 6 heteroatoms. The number of rotatable bonds is 7. The summed E-state index contributed by atoms with van der Waals surface area (Å²) in [5.74, 6) is -0.351. The van der Waals surface area contributed by atoms with Crippen LogP contribution in [0.25, 0.3) is 0 Å². The maximum Gasteiger partial charge on any atom is 0.311 e. The summed E-state index contributed by atoms with van der Waals surface area (Å²) in [5, 5.41) is 0.470. The molecule has 0 aliphatic carbocycles. The van der Waals surface area contributed by atoms with E-state index >= 15 is 0 Å².